The molecule has 8 heteroatoms. The molecule has 0 aromatic heterocycles. The minimum absolute atomic E-state index is 0.0855. The normalized spacial score (nSPS) is 28.9. The highest BCUT2D eigenvalue weighted by Crippen LogP contribution is 2.66. The molecule has 2 rings (SSSR count). The van der Waals surface area contributed by atoms with Crippen molar-refractivity contribution in [2.24, 2.45) is 16.7 Å². The lowest BCUT2D eigenvalue weighted by atomic mass is 9.70. The van der Waals surface area contributed by atoms with Gasteiger partial charge in [-0.1, -0.05) is 20.8 Å². The fourth-order valence-electron chi connectivity index (χ4n) is 4.94. The van der Waals surface area contributed by atoms with Crippen LogP contribution >= 0.6 is 7.60 Å². The van der Waals surface area contributed by atoms with Crippen LogP contribution in [0, 0.1) is 16.7 Å². The highest BCUT2D eigenvalue weighted by atomic mass is 31.2. The summed E-state index contributed by atoms with van der Waals surface area (Å²) in [5.74, 6) is -0.830. The average Bonchev–Trinajstić information content (AvgIpc) is 2.92. The van der Waals surface area contributed by atoms with Crippen LogP contribution in [0.1, 0.15) is 81.1 Å². The van der Waals surface area contributed by atoms with E-state index in [-0.39, 0.29) is 30.1 Å². The highest BCUT2D eigenvalue weighted by Gasteiger charge is 2.63. The molecule has 0 radical (unpaired) electrons. The number of hydrogen-bond acceptors (Lipinski definition) is 7. The summed E-state index contributed by atoms with van der Waals surface area (Å²) in [6.07, 6.45) is 2.36. The van der Waals surface area contributed by atoms with E-state index in [1.165, 1.54) is 0 Å². The zero-order valence-electron chi connectivity index (χ0n) is 19.8. The van der Waals surface area contributed by atoms with Crippen molar-refractivity contribution < 1.29 is 32.7 Å². The van der Waals surface area contributed by atoms with Gasteiger partial charge in [-0.2, -0.15) is 0 Å². The lowest BCUT2D eigenvalue weighted by Gasteiger charge is -2.38. The number of carbonyl (C=O) groups excluding carboxylic acids is 2. The van der Waals surface area contributed by atoms with Crippen molar-refractivity contribution >= 4 is 19.5 Å². The molecule has 2 bridgehead atoms. The molecule has 1 unspecified atom stereocenters. The average molecular weight is 447 g/mol. The summed E-state index contributed by atoms with van der Waals surface area (Å²) in [5.41, 5.74) is -2.17. The van der Waals surface area contributed by atoms with Crippen molar-refractivity contribution in [3.63, 3.8) is 0 Å². The number of carbonyl (C=O) groups is 2. The van der Waals surface area contributed by atoms with E-state index < -0.39 is 37.2 Å². The van der Waals surface area contributed by atoms with E-state index in [1.807, 2.05) is 0 Å². The molecule has 2 aliphatic carbocycles. The maximum atomic E-state index is 13.4. The van der Waals surface area contributed by atoms with Crippen molar-refractivity contribution in [3.05, 3.63) is 0 Å². The highest BCUT2D eigenvalue weighted by molar-refractivity contribution is 7.55. The molecule has 0 N–H and O–H groups in total. The topological polar surface area (TPSA) is 88.1 Å². The molecule has 2 saturated carbocycles. The van der Waals surface area contributed by atoms with Crippen LogP contribution in [0.2, 0.25) is 0 Å². The van der Waals surface area contributed by atoms with Crippen LogP contribution in [0.5, 0.6) is 0 Å². The van der Waals surface area contributed by atoms with E-state index in [1.54, 1.807) is 34.6 Å². The molecule has 0 heterocycles. The molecule has 0 aliphatic heterocycles. The summed E-state index contributed by atoms with van der Waals surface area (Å²) in [7, 11) is -3.90. The van der Waals surface area contributed by atoms with Crippen LogP contribution in [0.25, 0.3) is 0 Å². The van der Waals surface area contributed by atoms with Gasteiger partial charge < -0.3 is 18.5 Å². The molecule has 4 atom stereocenters. The first-order chi connectivity index (χ1) is 13.7. The Morgan fingerprint density at radius 3 is 2.07 bits per heavy atom. The van der Waals surface area contributed by atoms with Gasteiger partial charge in [-0.05, 0) is 65.2 Å². The zero-order valence-corrected chi connectivity index (χ0v) is 20.7. The Morgan fingerprint density at radius 1 is 1.10 bits per heavy atom. The predicted octanol–water partition coefficient (Wildman–Crippen LogP) is 5.11. The van der Waals surface area contributed by atoms with Gasteiger partial charge in [-0.3, -0.25) is 14.2 Å². The molecule has 174 valence electrons. The van der Waals surface area contributed by atoms with Crippen LogP contribution < -0.4 is 0 Å². The largest absolute Gasteiger partial charge is 0.462 e. The Labute approximate surface area is 181 Å². The summed E-state index contributed by atoms with van der Waals surface area (Å²) in [6.45, 7) is 15.3. The summed E-state index contributed by atoms with van der Waals surface area (Å²) >= 11 is 0. The fourth-order valence-corrected chi connectivity index (χ4v) is 6.78. The predicted molar refractivity (Wildman–Crippen MR) is 114 cm³/mol. The van der Waals surface area contributed by atoms with Crippen LogP contribution in [-0.4, -0.2) is 42.5 Å². The van der Waals surface area contributed by atoms with Gasteiger partial charge in [0.05, 0.1) is 19.6 Å². The van der Waals surface area contributed by atoms with Gasteiger partial charge in [0.15, 0.2) is 5.66 Å². The maximum Gasteiger partial charge on any atom is 0.345 e. The molecule has 0 spiro atoms. The minimum Gasteiger partial charge on any atom is -0.462 e. The first-order valence-electron chi connectivity index (χ1n) is 11.0. The van der Waals surface area contributed by atoms with Gasteiger partial charge in [0.2, 0.25) is 0 Å². The van der Waals surface area contributed by atoms with E-state index >= 15 is 0 Å². The number of hydrogen-bond donors (Lipinski definition) is 0. The first kappa shape index (κ1) is 25.4. The van der Waals surface area contributed by atoms with Crippen molar-refractivity contribution in [1.29, 1.82) is 0 Å². The Hall–Kier alpha value is -0.910. The smallest absolute Gasteiger partial charge is 0.345 e. The number of fused-ring (bicyclic) bond motifs is 2. The summed E-state index contributed by atoms with van der Waals surface area (Å²) < 4.78 is 35.4. The second-order valence-corrected chi connectivity index (χ2v) is 12.4. The molecule has 0 aromatic carbocycles. The van der Waals surface area contributed by atoms with Crippen molar-refractivity contribution in [2.75, 3.05) is 13.2 Å². The SMILES string of the molecule is CCOP(=O)(OCC)C(CC(=O)O[C@@H]1C[C@H]2CC[C@]1(C)C2(C)C)C(=O)OC(C)(C)C. The van der Waals surface area contributed by atoms with Gasteiger partial charge in [0.25, 0.3) is 0 Å². The van der Waals surface area contributed by atoms with Crippen LogP contribution in [0.3, 0.4) is 0 Å². The molecule has 2 fully saturated rings. The Balaban J connectivity index is 2.20. The number of rotatable bonds is 9. The second-order valence-electron chi connectivity index (χ2n) is 10.2. The summed E-state index contributed by atoms with van der Waals surface area (Å²) in [4.78, 5) is 25.8. The van der Waals surface area contributed by atoms with Gasteiger partial charge in [-0.15, -0.1) is 0 Å². The third-order valence-corrected chi connectivity index (χ3v) is 9.42. The first-order valence-corrected chi connectivity index (χ1v) is 12.6. The fraction of sp³-hybridized carbons (Fsp3) is 0.909. The molecule has 0 amide bonds. The van der Waals surface area contributed by atoms with E-state index in [0.717, 1.165) is 19.3 Å². The Bertz CT molecular complexity index is 686. The monoisotopic (exact) mass is 446 g/mol. The molecule has 0 aromatic rings. The second kappa shape index (κ2) is 8.91. The molecule has 30 heavy (non-hydrogen) atoms. The summed E-state index contributed by atoms with van der Waals surface area (Å²) in [6, 6.07) is 0. The van der Waals surface area contributed by atoms with Crippen molar-refractivity contribution in [1.82, 2.24) is 0 Å². The number of ether oxygens (including phenoxy) is 2. The van der Waals surface area contributed by atoms with Gasteiger partial charge >= 0.3 is 19.5 Å². The van der Waals surface area contributed by atoms with E-state index in [4.69, 9.17) is 18.5 Å². The Kier molecular flexibility index (Phi) is 7.53. The minimum atomic E-state index is -3.90. The zero-order chi connectivity index (χ0) is 23.0. The quantitative estimate of drug-likeness (QED) is 0.359. The number of esters is 2. The van der Waals surface area contributed by atoms with E-state index in [9.17, 15) is 14.2 Å². The van der Waals surface area contributed by atoms with Crippen molar-refractivity contribution in [2.45, 2.75) is 98.4 Å². The lowest BCUT2D eigenvalue weighted by molar-refractivity contribution is -0.163. The van der Waals surface area contributed by atoms with Gasteiger partial charge in [0.1, 0.15) is 11.7 Å². The molecule has 2 aliphatic rings. The maximum absolute atomic E-state index is 13.4. The van der Waals surface area contributed by atoms with Crippen LogP contribution in [0.4, 0.5) is 0 Å². The van der Waals surface area contributed by atoms with Crippen molar-refractivity contribution in [3.8, 4) is 0 Å². The van der Waals surface area contributed by atoms with Gasteiger partial charge in [0, 0.05) is 5.41 Å². The van der Waals surface area contributed by atoms with Crippen LogP contribution in [-0.2, 0) is 32.7 Å². The standard InChI is InChI=1S/C22H39O7P/c1-9-26-30(25,27-10-2)16(19(24)29-20(3,4)5)14-18(23)28-17-13-15-11-12-22(17,8)21(15,6)7/h15-17H,9-14H2,1-8H3/t15-,16?,17-,22+/m1/s1. The molecular weight excluding hydrogens is 407 g/mol. The molecular formula is C22H39O7P. The Morgan fingerprint density at radius 2 is 1.67 bits per heavy atom. The molecule has 7 nitrogen and oxygen atoms in total. The van der Waals surface area contributed by atoms with Gasteiger partial charge in [-0.25, -0.2) is 0 Å². The van der Waals surface area contributed by atoms with E-state index in [2.05, 4.69) is 20.8 Å². The van der Waals surface area contributed by atoms with E-state index in [0.29, 0.717) is 5.92 Å². The van der Waals surface area contributed by atoms with Crippen LogP contribution in [0.15, 0.2) is 0 Å². The lowest BCUT2D eigenvalue weighted by Crippen LogP contribution is -2.40. The molecule has 0 saturated heterocycles. The summed E-state index contributed by atoms with van der Waals surface area (Å²) in [5, 5.41) is 0. The third kappa shape index (κ3) is 4.94. The third-order valence-electron chi connectivity index (χ3n) is 7.03.